The van der Waals surface area contributed by atoms with Gasteiger partial charge in [-0.1, -0.05) is 30.3 Å². The first-order valence-corrected chi connectivity index (χ1v) is 6.78. The third kappa shape index (κ3) is 4.29. The number of pyridine rings is 1. The Morgan fingerprint density at radius 1 is 1.24 bits per heavy atom. The molecule has 1 unspecified atom stereocenters. The van der Waals surface area contributed by atoms with E-state index in [0.717, 1.165) is 5.56 Å². The number of aromatic nitrogens is 1. The molecule has 1 aromatic heterocycles. The average molecular weight is 284 g/mol. The van der Waals surface area contributed by atoms with Crippen molar-refractivity contribution in [2.75, 3.05) is 26.4 Å². The monoisotopic (exact) mass is 284 g/mol. The molecule has 0 aliphatic rings. The van der Waals surface area contributed by atoms with Gasteiger partial charge in [-0.3, -0.25) is 4.79 Å². The fourth-order valence-electron chi connectivity index (χ4n) is 2.06. The Hall–Kier alpha value is -2.40. The van der Waals surface area contributed by atoms with E-state index in [1.54, 1.807) is 12.1 Å². The fraction of sp³-hybridized carbons (Fsp3) is 0.250. The lowest BCUT2D eigenvalue weighted by atomic mass is 10.1. The lowest BCUT2D eigenvalue weighted by molar-refractivity contribution is 0.0925. The van der Waals surface area contributed by atoms with Crippen molar-refractivity contribution in [3.63, 3.8) is 0 Å². The van der Waals surface area contributed by atoms with Crippen molar-refractivity contribution in [3.8, 4) is 0 Å². The quantitative estimate of drug-likeness (QED) is 0.876. The molecule has 2 aromatic rings. The molecule has 5 nitrogen and oxygen atoms in total. The van der Waals surface area contributed by atoms with Crippen LogP contribution in [0.2, 0.25) is 0 Å². The van der Waals surface area contributed by atoms with Crippen molar-refractivity contribution in [1.29, 1.82) is 0 Å². The van der Waals surface area contributed by atoms with Crippen LogP contribution in [0.1, 0.15) is 22.1 Å². The number of likely N-dealkylation sites (N-methyl/N-ethyl adjacent to an activating group) is 1. The topological polar surface area (TPSA) is 71.2 Å². The Labute approximate surface area is 124 Å². The van der Waals surface area contributed by atoms with Gasteiger partial charge in [-0.25, -0.2) is 4.98 Å². The molecule has 1 heterocycles. The van der Waals surface area contributed by atoms with Crippen LogP contribution in [0.25, 0.3) is 0 Å². The van der Waals surface area contributed by atoms with Crippen molar-refractivity contribution < 1.29 is 4.79 Å². The zero-order valence-electron chi connectivity index (χ0n) is 12.3. The highest BCUT2D eigenvalue weighted by atomic mass is 16.1. The number of nitrogens with zero attached hydrogens (tertiary/aromatic N) is 2. The van der Waals surface area contributed by atoms with Crippen LogP contribution in [-0.2, 0) is 0 Å². The van der Waals surface area contributed by atoms with Crippen molar-refractivity contribution in [2.24, 2.45) is 0 Å². The van der Waals surface area contributed by atoms with Gasteiger partial charge in [0.25, 0.3) is 5.91 Å². The Morgan fingerprint density at radius 2 is 1.95 bits per heavy atom. The summed E-state index contributed by atoms with van der Waals surface area (Å²) in [6.45, 7) is 0.713. The van der Waals surface area contributed by atoms with E-state index in [2.05, 4.69) is 10.3 Å². The Morgan fingerprint density at radius 3 is 2.52 bits per heavy atom. The second kappa shape index (κ2) is 6.85. The number of nitrogens with one attached hydrogen (secondary N) is 1. The molecule has 0 saturated heterocycles. The molecule has 0 aliphatic heterocycles. The number of amides is 1. The summed E-state index contributed by atoms with van der Waals surface area (Å²) in [6, 6.07) is 13.1. The van der Waals surface area contributed by atoms with Crippen LogP contribution >= 0.6 is 0 Å². The molecule has 110 valence electrons. The number of carbonyl (C=O) groups excluding carboxylic acids is 1. The number of hydrogen-bond donors (Lipinski definition) is 2. The molecule has 1 aromatic carbocycles. The molecule has 0 saturated carbocycles. The fourth-order valence-corrected chi connectivity index (χ4v) is 2.06. The minimum atomic E-state index is -0.203. The van der Waals surface area contributed by atoms with Crippen molar-refractivity contribution in [3.05, 3.63) is 59.9 Å². The zero-order chi connectivity index (χ0) is 15.2. The molecule has 1 amide bonds. The molecule has 0 fully saturated rings. The van der Waals surface area contributed by atoms with E-state index in [4.69, 9.17) is 5.73 Å². The number of nitrogens with two attached hydrogens (primary N) is 1. The molecule has 0 radical (unpaired) electrons. The first kappa shape index (κ1) is 15.0. The molecule has 0 spiro atoms. The zero-order valence-corrected chi connectivity index (χ0v) is 12.3. The van der Waals surface area contributed by atoms with E-state index < -0.39 is 0 Å². The van der Waals surface area contributed by atoms with Crippen molar-refractivity contribution in [2.45, 2.75) is 6.04 Å². The SMILES string of the molecule is CN(C)CC(NC(=O)c1ccc(N)cn1)c1ccccc1. The number of rotatable bonds is 5. The molecule has 2 rings (SSSR count). The lowest BCUT2D eigenvalue weighted by Crippen LogP contribution is -2.35. The van der Waals surface area contributed by atoms with Gasteiger partial charge in [-0.15, -0.1) is 0 Å². The summed E-state index contributed by atoms with van der Waals surface area (Å²) in [4.78, 5) is 18.4. The van der Waals surface area contributed by atoms with E-state index in [0.29, 0.717) is 17.9 Å². The van der Waals surface area contributed by atoms with E-state index in [1.807, 2.05) is 49.3 Å². The van der Waals surface area contributed by atoms with E-state index in [1.165, 1.54) is 6.20 Å². The van der Waals surface area contributed by atoms with Gasteiger partial charge in [0.15, 0.2) is 0 Å². The van der Waals surface area contributed by atoms with Gasteiger partial charge < -0.3 is 16.0 Å². The second-order valence-corrected chi connectivity index (χ2v) is 5.18. The molecule has 1 atom stereocenters. The number of nitrogen functional groups attached to an aromatic ring is 1. The minimum Gasteiger partial charge on any atom is -0.397 e. The molecule has 0 bridgehead atoms. The van der Waals surface area contributed by atoms with Crippen molar-refractivity contribution >= 4 is 11.6 Å². The largest absolute Gasteiger partial charge is 0.397 e. The summed E-state index contributed by atoms with van der Waals surface area (Å²) in [5.41, 5.74) is 7.55. The summed E-state index contributed by atoms with van der Waals surface area (Å²) in [5.74, 6) is -0.203. The third-order valence-electron chi connectivity index (χ3n) is 3.07. The molecular weight excluding hydrogens is 264 g/mol. The van der Waals surface area contributed by atoms with Crippen LogP contribution in [0.5, 0.6) is 0 Å². The van der Waals surface area contributed by atoms with Gasteiger partial charge in [0.05, 0.1) is 17.9 Å². The molecule has 5 heteroatoms. The Kier molecular flexibility index (Phi) is 4.90. The van der Waals surface area contributed by atoms with Crippen LogP contribution < -0.4 is 11.1 Å². The first-order chi connectivity index (χ1) is 10.1. The van der Waals surface area contributed by atoms with E-state index >= 15 is 0 Å². The first-order valence-electron chi connectivity index (χ1n) is 6.78. The molecule has 3 N–H and O–H groups in total. The summed E-state index contributed by atoms with van der Waals surface area (Å²) in [7, 11) is 3.95. The average Bonchev–Trinajstić information content (AvgIpc) is 2.47. The van der Waals surface area contributed by atoms with Crippen LogP contribution in [0.15, 0.2) is 48.7 Å². The molecule has 21 heavy (non-hydrogen) atoms. The highest BCUT2D eigenvalue weighted by Gasteiger charge is 2.17. The summed E-state index contributed by atoms with van der Waals surface area (Å²) in [5, 5.41) is 3.02. The van der Waals surface area contributed by atoms with Crippen LogP contribution in [0.4, 0.5) is 5.69 Å². The van der Waals surface area contributed by atoms with Crippen LogP contribution in [-0.4, -0.2) is 36.4 Å². The van der Waals surface area contributed by atoms with Gasteiger partial charge in [0.2, 0.25) is 0 Å². The highest BCUT2D eigenvalue weighted by Crippen LogP contribution is 2.14. The van der Waals surface area contributed by atoms with Gasteiger partial charge in [0.1, 0.15) is 5.69 Å². The predicted octanol–water partition coefficient (Wildman–Crippen LogP) is 1.70. The predicted molar refractivity (Wildman–Crippen MR) is 83.9 cm³/mol. The number of hydrogen-bond acceptors (Lipinski definition) is 4. The molecule has 0 aliphatic carbocycles. The summed E-state index contributed by atoms with van der Waals surface area (Å²) in [6.07, 6.45) is 1.48. The summed E-state index contributed by atoms with van der Waals surface area (Å²) >= 11 is 0. The second-order valence-electron chi connectivity index (χ2n) is 5.18. The normalized spacial score (nSPS) is 12.1. The molecular formula is C16H20N4O. The van der Waals surface area contributed by atoms with Crippen LogP contribution in [0.3, 0.4) is 0 Å². The van der Waals surface area contributed by atoms with Gasteiger partial charge in [-0.2, -0.15) is 0 Å². The van der Waals surface area contributed by atoms with Gasteiger partial charge in [-0.05, 0) is 31.8 Å². The van der Waals surface area contributed by atoms with E-state index in [-0.39, 0.29) is 11.9 Å². The van der Waals surface area contributed by atoms with E-state index in [9.17, 15) is 4.79 Å². The Balaban J connectivity index is 2.15. The highest BCUT2D eigenvalue weighted by molar-refractivity contribution is 5.92. The maximum absolute atomic E-state index is 12.3. The smallest absolute Gasteiger partial charge is 0.270 e. The number of anilines is 1. The maximum atomic E-state index is 12.3. The summed E-state index contributed by atoms with van der Waals surface area (Å²) < 4.78 is 0. The van der Waals surface area contributed by atoms with Crippen molar-refractivity contribution in [1.82, 2.24) is 15.2 Å². The van der Waals surface area contributed by atoms with Gasteiger partial charge >= 0.3 is 0 Å². The Bertz CT molecular complexity index is 581. The lowest BCUT2D eigenvalue weighted by Gasteiger charge is -2.22. The third-order valence-corrected chi connectivity index (χ3v) is 3.07. The number of benzene rings is 1. The maximum Gasteiger partial charge on any atom is 0.270 e. The minimum absolute atomic E-state index is 0.0898. The standard InChI is InChI=1S/C16H20N4O/c1-20(2)11-15(12-6-4-3-5-7-12)19-16(21)14-9-8-13(17)10-18-14/h3-10,15H,11,17H2,1-2H3,(H,19,21). The number of carbonyl (C=O) groups is 1. The van der Waals surface area contributed by atoms with Gasteiger partial charge in [0, 0.05) is 6.54 Å². The van der Waals surface area contributed by atoms with Crippen LogP contribution in [0, 0.1) is 0 Å².